The molecule has 0 aliphatic heterocycles. The van der Waals surface area contributed by atoms with Gasteiger partial charge in [0.15, 0.2) is 0 Å². The summed E-state index contributed by atoms with van der Waals surface area (Å²) in [6, 6.07) is 11.7. The second kappa shape index (κ2) is 9.03. The van der Waals surface area contributed by atoms with Crippen molar-refractivity contribution in [3.8, 4) is 9.88 Å². The largest absolute Gasteiger partial charge is 0.342 e. The fraction of sp³-hybridized carbons (Fsp3) is 0.261. The highest BCUT2D eigenvalue weighted by molar-refractivity contribution is 7.22. The number of thiophene rings is 1. The molecule has 6 nitrogen and oxygen atoms in total. The van der Waals surface area contributed by atoms with Gasteiger partial charge < -0.3 is 14.8 Å². The number of aryl methyl sites for hydroxylation is 1. The highest BCUT2D eigenvalue weighted by atomic mass is 32.1. The summed E-state index contributed by atoms with van der Waals surface area (Å²) in [5.41, 5.74) is 2.41. The van der Waals surface area contributed by atoms with E-state index in [1.165, 1.54) is 11.3 Å². The number of anilines is 1. The minimum atomic E-state index is -0.159. The first-order chi connectivity index (χ1) is 15.0. The van der Waals surface area contributed by atoms with Gasteiger partial charge in [0.2, 0.25) is 5.91 Å². The van der Waals surface area contributed by atoms with Crippen molar-refractivity contribution in [3.05, 3.63) is 58.5 Å². The summed E-state index contributed by atoms with van der Waals surface area (Å²) in [5, 5.41) is 6.83. The Labute approximate surface area is 189 Å². The maximum absolute atomic E-state index is 12.9. The number of nitrogens with one attached hydrogen (secondary N) is 1. The van der Waals surface area contributed by atoms with Gasteiger partial charge in [-0.05, 0) is 56.5 Å². The number of aromatic nitrogens is 2. The van der Waals surface area contributed by atoms with E-state index in [4.69, 9.17) is 0 Å². The lowest BCUT2D eigenvalue weighted by molar-refractivity contribution is -0.131. The zero-order chi connectivity index (χ0) is 22.0. The Hall–Kier alpha value is -2.97. The third-order valence-corrected chi connectivity index (χ3v) is 7.38. The van der Waals surface area contributed by atoms with Crippen LogP contribution >= 0.6 is 22.7 Å². The van der Waals surface area contributed by atoms with Gasteiger partial charge in [-0.1, -0.05) is 6.07 Å². The predicted octanol–water partition coefficient (Wildman–Crippen LogP) is 5.26. The Morgan fingerprint density at radius 3 is 2.68 bits per heavy atom. The molecule has 1 aromatic carbocycles. The number of hydrogen-bond donors (Lipinski definition) is 1. The highest BCUT2D eigenvalue weighted by Crippen LogP contribution is 2.31. The number of carbonyl (C=O) groups excluding carboxylic acids is 2. The maximum atomic E-state index is 12.9. The molecule has 1 N–H and O–H groups in total. The zero-order valence-corrected chi connectivity index (χ0v) is 19.3. The van der Waals surface area contributed by atoms with E-state index in [2.05, 4.69) is 10.3 Å². The average molecular weight is 453 g/mol. The number of rotatable bonds is 7. The lowest BCUT2D eigenvalue weighted by Crippen LogP contribution is -2.33. The second-order valence-corrected chi connectivity index (χ2v) is 9.10. The van der Waals surface area contributed by atoms with Crippen LogP contribution in [0.3, 0.4) is 0 Å². The lowest BCUT2D eigenvalue weighted by atomic mass is 10.2. The summed E-state index contributed by atoms with van der Waals surface area (Å²) in [6.07, 6.45) is 1.91. The number of benzene rings is 1. The molecule has 0 bridgehead atoms. The van der Waals surface area contributed by atoms with Crippen LogP contribution in [-0.2, 0) is 11.3 Å². The molecular weight excluding hydrogens is 428 g/mol. The summed E-state index contributed by atoms with van der Waals surface area (Å²) in [4.78, 5) is 33.4. The number of amides is 2. The first-order valence-electron chi connectivity index (χ1n) is 10.2. The van der Waals surface area contributed by atoms with Crippen LogP contribution in [0.1, 0.15) is 29.2 Å². The summed E-state index contributed by atoms with van der Waals surface area (Å²) < 4.78 is 1.95. The zero-order valence-electron chi connectivity index (χ0n) is 17.7. The molecule has 0 saturated carbocycles. The maximum Gasteiger partial charge on any atom is 0.267 e. The van der Waals surface area contributed by atoms with Crippen LogP contribution in [0.15, 0.2) is 48.0 Å². The molecule has 0 spiro atoms. The van der Waals surface area contributed by atoms with Crippen molar-refractivity contribution in [1.82, 2.24) is 14.5 Å². The van der Waals surface area contributed by atoms with Gasteiger partial charge in [-0.15, -0.1) is 22.7 Å². The van der Waals surface area contributed by atoms with Crippen molar-refractivity contribution < 1.29 is 9.59 Å². The normalized spacial score (nSPS) is 11.1. The van der Waals surface area contributed by atoms with Crippen molar-refractivity contribution in [2.75, 3.05) is 18.4 Å². The molecule has 4 aromatic rings. The first-order valence-corrected chi connectivity index (χ1v) is 11.9. The summed E-state index contributed by atoms with van der Waals surface area (Å²) in [6.45, 7) is 7.55. The Bertz CT molecular complexity index is 1220. The third kappa shape index (κ3) is 4.40. The lowest BCUT2D eigenvalue weighted by Gasteiger charge is -2.19. The molecule has 31 heavy (non-hydrogen) atoms. The van der Waals surface area contributed by atoms with Crippen LogP contribution in [0.5, 0.6) is 0 Å². The van der Waals surface area contributed by atoms with Crippen LogP contribution in [0.25, 0.3) is 20.8 Å². The number of likely N-dealkylation sites (N-methyl/N-ethyl adjacent to an activating group) is 1. The quantitative estimate of drug-likeness (QED) is 0.416. The molecule has 2 amide bonds. The fourth-order valence-corrected chi connectivity index (χ4v) is 5.30. The predicted molar refractivity (Wildman–Crippen MR) is 128 cm³/mol. The SMILES string of the molecule is CCN(CC)C(=O)Cn1ccc2cc(NC(=O)c3sc(-c4cccs4)nc3C)ccc21. The molecule has 160 valence electrons. The van der Waals surface area contributed by atoms with Crippen molar-refractivity contribution in [1.29, 1.82) is 0 Å². The monoisotopic (exact) mass is 452 g/mol. The molecule has 3 heterocycles. The van der Waals surface area contributed by atoms with Crippen LogP contribution in [0.2, 0.25) is 0 Å². The third-order valence-electron chi connectivity index (χ3n) is 5.19. The van der Waals surface area contributed by atoms with Crippen LogP contribution in [-0.4, -0.2) is 39.4 Å². The highest BCUT2D eigenvalue weighted by Gasteiger charge is 2.17. The number of hydrogen-bond acceptors (Lipinski definition) is 5. The molecule has 0 atom stereocenters. The van der Waals surface area contributed by atoms with Gasteiger partial charge in [0.25, 0.3) is 5.91 Å². The molecule has 0 unspecified atom stereocenters. The van der Waals surface area contributed by atoms with E-state index in [-0.39, 0.29) is 11.8 Å². The standard InChI is InChI=1S/C23H24N4O2S2/c1-4-26(5-2)20(28)14-27-11-10-16-13-17(8-9-18(16)27)25-22(29)21-15(3)24-23(31-21)19-7-6-12-30-19/h6-13H,4-5,14H2,1-3H3,(H,25,29). The molecule has 4 rings (SSSR count). The molecule has 0 aliphatic rings. The van der Waals surface area contributed by atoms with Gasteiger partial charge in [-0.2, -0.15) is 0 Å². The summed E-state index contributed by atoms with van der Waals surface area (Å²) in [5.74, 6) is -0.0598. The molecule has 0 aliphatic carbocycles. The first kappa shape index (κ1) is 21.3. The minimum Gasteiger partial charge on any atom is -0.342 e. The Balaban J connectivity index is 1.51. The molecule has 0 fully saturated rings. The Kier molecular flexibility index (Phi) is 6.20. The van der Waals surface area contributed by atoms with E-state index >= 15 is 0 Å². The number of nitrogens with zero attached hydrogens (tertiary/aromatic N) is 3. The van der Waals surface area contributed by atoms with Gasteiger partial charge in [0.05, 0.1) is 10.6 Å². The Morgan fingerprint density at radius 2 is 1.97 bits per heavy atom. The van der Waals surface area contributed by atoms with Gasteiger partial charge in [0, 0.05) is 35.9 Å². The van der Waals surface area contributed by atoms with Gasteiger partial charge in [-0.25, -0.2) is 4.98 Å². The second-order valence-electron chi connectivity index (χ2n) is 7.15. The molecule has 0 saturated heterocycles. The molecule has 3 aromatic heterocycles. The number of thiazole rings is 1. The topological polar surface area (TPSA) is 67.2 Å². The van der Waals surface area contributed by atoms with Crippen LogP contribution in [0.4, 0.5) is 5.69 Å². The van der Waals surface area contributed by atoms with E-state index in [1.807, 2.05) is 78.2 Å². The van der Waals surface area contributed by atoms with Gasteiger partial charge in [0.1, 0.15) is 16.4 Å². The summed E-state index contributed by atoms with van der Waals surface area (Å²) in [7, 11) is 0. The average Bonchev–Trinajstić information content (AvgIpc) is 3.49. The van der Waals surface area contributed by atoms with Crippen molar-refractivity contribution in [2.45, 2.75) is 27.3 Å². The van der Waals surface area contributed by atoms with Crippen LogP contribution < -0.4 is 5.32 Å². The number of carbonyl (C=O) groups is 2. The van der Waals surface area contributed by atoms with Crippen molar-refractivity contribution in [3.63, 3.8) is 0 Å². The van der Waals surface area contributed by atoms with Gasteiger partial charge in [-0.3, -0.25) is 9.59 Å². The van der Waals surface area contributed by atoms with Crippen LogP contribution in [0, 0.1) is 6.92 Å². The number of fused-ring (bicyclic) bond motifs is 1. The van der Waals surface area contributed by atoms with E-state index in [0.29, 0.717) is 24.5 Å². The van der Waals surface area contributed by atoms with Gasteiger partial charge >= 0.3 is 0 Å². The fourth-order valence-electron chi connectivity index (χ4n) is 3.54. The summed E-state index contributed by atoms with van der Waals surface area (Å²) >= 11 is 3.02. The van der Waals surface area contributed by atoms with E-state index in [1.54, 1.807) is 11.3 Å². The van der Waals surface area contributed by atoms with E-state index in [0.717, 1.165) is 32.2 Å². The Morgan fingerprint density at radius 1 is 1.16 bits per heavy atom. The minimum absolute atomic E-state index is 0.0992. The van der Waals surface area contributed by atoms with E-state index in [9.17, 15) is 9.59 Å². The molecular formula is C23H24N4O2S2. The van der Waals surface area contributed by atoms with Crippen molar-refractivity contribution >= 4 is 51.1 Å². The molecule has 8 heteroatoms. The van der Waals surface area contributed by atoms with E-state index < -0.39 is 0 Å². The smallest absolute Gasteiger partial charge is 0.267 e. The van der Waals surface area contributed by atoms with Crippen molar-refractivity contribution in [2.24, 2.45) is 0 Å². The molecule has 0 radical (unpaired) electrons.